The fourth-order valence-electron chi connectivity index (χ4n) is 3.69. The van der Waals surface area contributed by atoms with Crippen LogP contribution in [0, 0.1) is 0 Å². The topological polar surface area (TPSA) is 76.9 Å². The minimum atomic E-state index is 0.000718. The van der Waals surface area contributed by atoms with Gasteiger partial charge in [-0.15, -0.1) is 0 Å². The lowest BCUT2D eigenvalue weighted by atomic mass is 10.0. The Balaban J connectivity index is 1.63. The van der Waals surface area contributed by atoms with Gasteiger partial charge in [0.2, 0.25) is 11.8 Å². The fraction of sp³-hybridized carbons (Fsp3) is 0.706. The lowest BCUT2D eigenvalue weighted by Crippen LogP contribution is -2.51. The van der Waals surface area contributed by atoms with Gasteiger partial charge in [0, 0.05) is 51.8 Å². The van der Waals surface area contributed by atoms with E-state index in [1.54, 1.807) is 23.1 Å². The van der Waals surface area contributed by atoms with Crippen LogP contribution in [0.2, 0.25) is 0 Å². The maximum absolute atomic E-state index is 12.6. The summed E-state index contributed by atoms with van der Waals surface area (Å²) in [5, 5.41) is 4.08. The van der Waals surface area contributed by atoms with Crippen LogP contribution in [-0.4, -0.2) is 83.5 Å². The molecule has 0 N–H and O–H groups in total. The first kappa shape index (κ1) is 17.9. The summed E-state index contributed by atoms with van der Waals surface area (Å²) in [4.78, 5) is 28.9. The molecule has 0 aromatic carbocycles. The molecule has 2 amide bonds. The molecule has 0 aliphatic carbocycles. The molecule has 0 bridgehead atoms. The van der Waals surface area contributed by atoms with Crippen molar-refractivity contribution in [3.8, 4) is 0 Å². The van der Waals surface area contributed by atoms with Crippen molar-refractivity contribution in [2.75, 3.05) is 40.0 Å². The van der Waals surface area contributed by atoms with Crippen LogP contribution < -0.4 is 0 Å². The average molecular weight is 350 g/mol. The van der Waals surface area contributed by atoms with Crippen molar-refractivity contribution in [3.05, 3.63) is 18.5 Å². The van der Waals surface area contributed by atoms with Crippen molar-refractivity contribution in [2.45, 2.75) is 37.9 Å². The molecule has 2 fully saturated rings. The standard InChI is InChI=1S/C17H26N4O4/c1-24-13-17(23)21(14-4-9-25-10-5-14)15-3-8-19(11-15)16(22)12-20-7-2-6-18-20/h2,6-7,14-15H,3-5,8-13H2,1H3. The summed E-state index contributed by atoms with van der Waals surface area (Å²) in [5.41, 5.74) is 0. The molecule has 0 radical (unpaired) electrons. The van der Waals surface area contributed by atoms with E-state index in [9.17, 15) is 9.59 Å². The summed E-state index contributed by atoms with van der Waals surface area (Å²) >= 11 is 0. The average Bonchev–Trinajstić information content (AvgIpc) is 3.28. The minimum absolute atomic E-state index is 0.000718. The zero-order valence-electron chi connectivity index (χ0n) is 14.7. The van der Waals surface area contributed by atoms with Gasteiger partial charge in [-0.2, -0.15) is 5.10 Å². The molecule has 8 heteroatoms. The number of amides is 2. The lowest BCUT2D eigenvalue weighted by Gasteiger charge is -2.38. The molecule has 0 saturated carbocycles. The third-order valence-corrected chi connectivity index (χ3v) is 4.91. The monoisotopic (exact) mass is 350 g/mol. The summed E-state index contributed by atoms with van der Waals surface area (Å²) in [5.74, 6) is 0.0399. The SMILES string of the molecule is COCC(=O)N(C1CCOCC1)C1CCN(C(=O)Cn2cccn2)C1. The summed E-state index contributed by atoms with van der Waals surface area (Å²) in [6, 6.07) is 2.02. The van der Waals surface area contributed by atoms with Gasteiger partial charge >= 0.3 is 0 Å². The summed E-state index contributed by atoms with van der Waals surface area (Å²) < 4.78 is 12.1. The number of carbonyl (C=O) groups is 2. The van der Waals surface area contributed by atoms with Gasteiger partial charge in [0.1, 0.15) is 13.2 Å². The van der Waals surface area contributed by atoms with Crippen LogP contribution >= 0.6 is 0 Å². The normalized spacial score (nSPS) is 21.5. The summed E-state index contributed by atoms with van der Waals surface area (Å²) in [6.07, 6.45) is 5.93. The van der Waals surface area contributed by atoms with Crippen molar-refractivity contribution in [1.29, 1.82) is 0 Å². The Labute approximate surface area is 147 Å². The number of rotatable bonds is 6. The number of methoxy groups -OCH3 is 1. The molecule has 2 saturated heterocycles. The first-order valence-corrected chi connectivity index (χ1v) is 8.82. The van der Waals surface area contributed by atoms with Gasteiger partial charge in [-0.1, -0.05) is 0 Å². The Bertz CT molecular complexity index is 571. The van der Waals surface area contributed by atoms with E-state index in [2.05, 4.69) is 5.10 Å². The van der Waals surface area contributed by atoms with Crippen LogP contribution in [0.5, 0.6) is 0 Å². The Kier molecular flexibility index (Phi) is 6.04. The quantitative estimate of drug-likeness (QED) is 0.729. The van der Waals surface area contributed by atoms with E-state index < -0.39 is 0 Å². The molecule has 2 aliphatic rings. The summed E-state index contributed by atoms with van der Waals surface area (Å²) in [6.45, 7) is 2.92. The highest BCUT2D eigenvalue weighted by Crippen LogP contribution is 2.24. The van der Waals surface area contributed by atoms with Gasteiger partial charge in [-0.05, 0) is 25.3 Å². The molecule has 1 atom stereocenters. The molecule has 138 valence electrons. The zero-order chi connectivity index (χ0) is 17.6. The van der Waals surface area contributed by atoms with E-state index >= 15 is 0 Å². The van der Waals surface area contributed by atoms with Crippen molar-refractivity contribution in [1.82, 2.24) is 19.6 Å². The van der Waals surface area contributed by atoms with Crippen molar-refractivity contribution in [2.24, 2.45) is 0 Å². The highest BCUT2D eigenvalue weighted by molar-refractivity contribution is 5.79. The predicted molar refractivity (Wildman–Crippen MR) is 89.8 cm³/mol. The van der Waals surface area contributed by atoms with Crippen LogP contribution in [0.15, 0.2) is 18.5 Å². The maximum atomic E-state index is 12.6. The van der Waals surface area contributed by atoms with E-state index in [0.717, 1.165) is 19.3 Å². The Morgan fingerprint density at radius 1 is 1.28 bits per heavy atom. The highest BCUT2D eigenvalue weighted by Gasteiger charge is 2.37. The van der Waals surface area contributed by atoms with Crippen molar-refractivity contribution >= 4 is 11.8 Å². The Hall–Kier alpha value is -1.93. The number of hydrogen-bond donors (Lipinski definition) is 0. The summed E-state index contributed by atoms with van der Waals surface area (Å²) in [7, 11) is 1.54. The Morgan fingerprint density at radius 2 is 2.08 bits per heavy atom. The van der Waals surface area contributed by atoms with E-state index in [1.165, 1.54) is 7.11 Å². The molecule has 25 heavy (non-hydrogen) atoms. The fourth-order valence-corrected chi connectivity index (χ4v) is 3.69. The first-order valence-electron chi connectivity index (χ1n) is 8.82. The number of likely N-dealkylation sites (tertiary alicyclic amines) is 1. The minimum Gasteiger partial charge on any atom is -0.381 e. The molecule has 1 aromatic rings. The second kappa shape index (κ2) is 8.44. The number of ether oxygens (including phenoxy) is 2. The number of carbonyl (C=O) groups excluding carboxylic acids is 2. The van der Waals surface area contributed by atoms with Crippen LogP contribution in [0.4, 0.5) is 0 Å². The third kappa shape index (κ3) is 4.38. The van der Waals surface area contributed by atoms with Crippen LogP contribution in [0.3, 0.4) is 0 Å². The lowest BCUT2D eigenvalue weighted by molar-refractivity contribution is -0.143. The van der Waals surface area contributed by atoms with Gasteiger partial charge in [0.25, 0.3) is 0 Å². The molecular formula is C17H26N4O4. The molecule has 0 spiro atoms. The van der Waals surface area contributed by atoms with Crippen LogP contribution in [0.25, 0.3) is 0 Å². The van der Waals surface area contributed by atoms with Gasteiger partial charge in [0.15, 0.2) is 0 Å². The van der Waals surface area contributed by atoms with Crippen molar-refractivity contribution < 1.29 is 19.1 Å². The largest absolute Gasteiger partial charge is 0.381 e. The molecule has 1 unspecified atom stereocenters. The predicted octanol–water partition coefficient (Wildman–Crippen LogP) is 0.138. The van der Waals surface area contributed by atoms with Crippen LogP contribution in [-0.2, 0) is 25.6 Å². The number of nitrogens with zero attached hydrogens (tertiary/aromatic N) is 4. The van der Waals surface area contributed by atoms with E-state index in [0.29, 0.717) is 26.3 Å². The third-order valence-electron chi connectivity index (χ3n) is 4.91. The number of hydrogen-bond acceptors (Lipinski definition) is 5. The van der Waals surface area contributed by atoms with Gasteiger partial charge in [-0.3, -0.25) is 14.3 Å². The molecule has 3 rings (SSSR count). The number of aromatic nitrogens is 2. The van der Waals surface area contributed by atoms with Crippen LogP contribution in [0.1, 0.15) is 19.3 Å². The second-order valence-corrected chi connectivity index (χ2v) is 6.56. The van der Waals surface area contributed by atoms with Gasteiger partial charge in [-0.25, -0.2) is 0 Å². The molecule has 1 aromatic heterocycles. The van der Waals surface area contributed by atoms with Gasteiger partial charge < -0.3 is 19.3 Å². The van der Waals surface area contributed by atoms with E-state index in [1.807, 2.05) is 9.80 Å². The molecule has 8 nitrogen and oxygen atoms in total. The van der Waals surface area contributed by atoms with Crippen molar-refractivity contribution in [3.63, 3.8) is 0 Å². The molecule has 2 aliphatic heterocycles. The Morgan fingerprint density at radius 3 is 2.76 bits per heavy atom. The molecule has 3 heterocycles. The first-order chi connectivity index (χ1) is 12.2. The van der Waals surface area contributed by atoms with Gasteiger partial charge in [0.05, 0.1) is 6.04 Å². The molecular weight excluding hydrogens is 324 g/mol. The zero-order valence-corrected chi connectivity index (χ0v) is 14.7. The maximum Gasteiger partial charge on any atom is 0.249 e. The van der Waals surface area contributed by atoms with E-state index in [-0.39, 0.29) is 37.0 Å². The highest BCUT2D eigenvalue weighted by atomic mass is 16.5. The smallest absolute Gasteiger partial charge is 0.249 e. The second-order valence-electron chi connectivity index (χ2n) is 6.56. The van der Waals surface area contributed by atoms with E-state index in [4.69, 9.17) is 9.47 Å².